The first-order valence-corrected chi connectivity index (χ1v) is 5.76. The van der Waals surface area contributed by atoms with Crippen LogP contribution in [0, 0.1) is 0 Å². The Morgan fingerprint density at radius 3 is 3.11 bits per heavy atom. The number of hydrogen-bond donors (Lipinski definition) is 2. The normalized spacial score (nSPS) is 19.9. The molecule has 2 heterocycles. The molecular formula is C11H15N3O4. The van der Waals surface area contributed by atoms with Gasteiger partial charge in [0, 0.05) is 7.05 Å². The molecule has 1 aliphatic heterocycles. The number of carbonyl (C=O) groups excluding carboxylic acids is 1. The molecule has 1 amide bonds. The molecule has 2 rings (SSSR count). The maximum Gasteiger partial charge on any atom is 0.341 e. The fourth-order valence-corrected chi connectivity index (χ4v) is 2.22. The first-order valence-electron chi connectivity index (χ1n) is 5.76. The van der Waals surface area contributed by atoms with Gasteiger partial charge in [-0.1, -0.05) is 5.16 Å². The van der Waals surface area contributed by atoms with Crippen molar-refractivity contribution >= 4 is 11.9 Å². The lowest BCUT2D eigenvalue weighted by Crippen LogP contribution is -2.41. The topological polar surface area (TPSA) is 95.7 Å². The van der Waals surface area contributed by atoms with E-state index in [1.165, 1.54) is 6.20 Å². The highest BCUT2D eigenvalue weighted by atomic mass is 16.5. The van der Waals surface area contributed by atoms with Gasteiger partial charge in [-0.2, -0.15) is 0 Å². The van der Waals surface area contributed by atoms with Crippen molar-refractivity contribution in [3.63, 3.8) is 0 Å². The van der Waals surface area contributed by atoms with Crippen molar-refractivity contribution in [2.24, 2.45) is 0 Å². The number of hydrogen-bond acceptors (Lipinski definition) is 5. The Labute approximate surface area is 104 Å². The van der Waals surface area contributed by atoms with E-state index in [1.807, 2.05) is 4.90 Å². The summed E-state index contributed by atoms with van der Waals surface area (Å²) < 4.78 is 4.95. The average molecular weight is 253 g/mol. The molecule has 1 saturated heterocycles. The van der Waals surface area contributed by atoms with Gasteiger partial charge in [0.1, 0.15) is 5.56 Å². The summed E-state index contributed by atoms with van der Waals surface area (Å²) in [4.78, 5) is 24.5. The second-order valence-electron chi connectivity index (χ2n) is 4.21. The summed E-state index contributed by atoms with van der Waals surface area (Å²) in [6.07, 6.45) is 2.87. The summed E-state index contributed by atoms with van der Waals surface area (Å²) in [7, 11) is 1.59. The average Bonchev–Trinajstić information content (AvgIpc) is 2.97. The molecule has 18 heavy (non-hydrogen) atoms. The Kier molecular flexibility index (Phi) is 3.61. The third-order valence-corrected chi connectivity index (χ3v) is 3.13. The molecule has 0 spiro atoms. The molecule has 2 N–H and O–H groups in total. The Morgan fingerprint density at radius 1 is 1.67 bits per heavy atom. The fraction of sp³-hybridized carbons (Fsp3) is 0.545. The van der Waals surface area contributed by atoms with Crippen LogP contribution in [0.3, 0.4) is 0 Å². The van der Waals surface area contributed by atoms with Crippen LogP contribution >= 0.6 is 0 Å². The van der Waals surface area contributed by atoms with E-state index in [0.29, 0.717) is 12.3 Å². The number of aromatic carboxylic acids is 1. The summed E-state index contributed by atoms with van der Waals surface area (Å²) in [5.41, 5.74) is 0.0533. The maximum absolute atomic E-state index is 11.7. The van der Waals surface area contributed by atoms with Crippen LogP contribution in [-0.4, -0.2) is 46.7 Å². The molecule has 98 valence electrons. The number of carbonyl (C=O) groups is 2. The molecule has 7 heteroatoms. The summed E-state index contributed by atoms with van der Waals surface area (Å²) in [5.74, 6) is -0.830. The van der Waals surface area contributed by atoms with Crippen LogP contribution in [0.25, 0.3) is 0 Å². The van der Waals surface area contributed by atoms with Gasteiger partial charge in [-0.05, 0) is 19.4 Å². The second-order valence-corrected chi connectivity index (χ2v) is 4.21. The second kappa shape index (κ2) is 5.18. The number of nitrogens with zero attached hydrogens (tertiary/aromatic N) is 2. The highest BCUT2D eigenvalue weighted by molar-refractivity contribution is 5.88. The van der Waals surface area contributed by atoms with E-state index in [9.17, 15) is 9.59 Å². The van der Waals surface area contributed by atoms with Crippen molar-refractivity contribution in [2.75, 3.05) is 13.6 Å². The highest BCUT2D eigenvalue weighted by Gasteiger charge is 2.31. The van der Waals surface area contributed by atoms with Crippen molar-refractivity contribution in [3.8, 4) is 0 Å². The van der Waals surface area contributed by atoms with Crippen molar-refractivity contribution in [1.29, 1.82) is 0 Å². The summed E-state index contributed by atoms with van der Waals surface area (Å²) in [6, 6.07) is -0.221. The number of rotatable bonds is 4. The van der Waals surface area contributed by atoms with E-state index < -0.39 is 5.97 Å². The van der Waals surface area contributed by atoms with E-state index in [0.717, 1.165) is 19.4 Å². The number of aromatic nitrogens is 1. The standard InChI is InChI=1S/C11H15N3O4/c1-12-10(15)8-3-2-4-14(8)6-9-7(11(16)17)5-13-18-9/h5,8H,2-4,6H2,1H3,(H,12,15)(H,16,17). The van der Waals surface area contributed by atoms with Gasteiger partial charge in [0.2, 0.25) is 5.91 Å². The molecule has 1 aromatic heterocycles. The quantitative estimate of drug-likeness (QED) is 0.789. The van der Waals surface area contributed by atoms with Crippen molar-refractivity contribution in [1.82, 2.24) is 15.4 Å². The minimum Gasteiger partial charge on any atom is -0.478 e. The zero-order valence-corrected chi connectivity index (χ0v) is 10.0. The number of carboxylic acid groups (broad SMARTS) is 1. The minimum atomic E-state index is -1.07. The number of likely N-dealkylation sites (tertiary alicyclic amines) is 1. The van der Waals surface area contributed by atoms with Crippen LogP contribution in [0.5, 0.6) is 0 Å². The fourth-order valence-electron chi connectivity index (χ4n) is 2.22. The lowest BCUT2D eigenvalue weighted by atomic mass is 10.2. The lowest BCUT2D eigenvalue weighted by Gasteiger charge is -2.21. The summed E-state index contributed by atoms with van der Waals surface area (Å²) in [6.45, 7) is 1.04. The van der Waals surface area contributed by atoms with Crippen LogP contribution in [-0.2, 0) is 11.3 Å². The molecule has 1 aliphatic rings. The van der Waals surface area contributed by atoms with Gasteiger partial charge in [-0.15, -0.1) is 0 Å². The number of nitrogens with one attached hydrogen (secondary N) is 1. The molecule has 1 aromatic rings. The number of carboxylic acids is 1. The molecule has 7 nitrogen and oxygen atoms in total. The largest absolute Gasteiger partial charge is 0.478 e. The van der Waals surface area contributed by atoms with Gasteiger partial charge < -0.3 is 14.9 Å². The minimum absolute atomic E-state index is 0.0520. The maximum atomic E-state index is 11.7. The molecular weight excluding hydrogens is 238 g/mol. The molecule has 0 bridgehead atoms. The summed E-state index contributed by atoms with van der Waals surface area (Å²) >= 11 is 0. The predicted octanol–water partition coefficient (Wildman–Crippen LogP) is 0.0832. The molecule has 0 radical (unpaired) electrons. The van der Waals surface area contributed by atoms with E-state index in [2.05, 4.69) is 10.5 Å². The number of amides is 1. The van der Waals surface area contributed by atoms with E-state index in [-0.39, 0.29) is 17.5 Å². The molecule has 0 aromatic carbocycles. The Balaban J connectivity index is 2.10. The molecule has 0 aliphatic carbocycles. The van der Waals surface area contributed by atoms with Crippen LogP contribution in [0.4, 0.5) is 0 Å². The monoisotopic (exact) mass is 253 g/mol. The van der Waals surface area contributed by atoms with Gasteiger partial charge in [0.25, 0.3) is 0 Å². The van der Waals surface area contributed by atoms with Gasteiger partial charge >= 0.3 is 5.97 Å². The van der Waals surface area contributed by atoms with Crippen molar-refractivity contribution < 1.29 is 19.2 Å². The van der Waals surface area contributed by atoms with Gasteiger partial charge in [-0.3, -0.25) is 9.69 Å². The molecule has 1 unspecified atom stereocenters. The number of likely N-dealkylation sites (N-methyl/N-ethyl adjacent to an activating group) is 1. The van der Waals surface area contributed by atoms with Crippen molar-refractivity contribution in [3.05, 3.63) is 17.5 Å². The lowest BCUT2D eigenvalue weighted by molar-refractivity contribution is -0.125. The summed E-state index contributed by atoms with van der Waals surface area (Å²) in [5, 5.41) is 15.1. The van der Waals surface area contributed by atoms with Gasteiger partial charge in [0.05, 0.1) is 18.8 Å². The van der Waals surface area contributed by atoms with Crippen LogP contribution in [0.15, 0.2) is 10.7 Å². The third-order valence-electron chi connectivity index (χ3n) is 3.13. The highest BCUT2D eigenvalue weighted by Crippen LogP contribution is 2.21. The van der Waals surface area contributed by atoms with E-state index >= 15 is 0 Å². The zero-order chi connectivity index (χ0) is 13.1. The Bertz CT molecular complexity index is 457. The third kappa shape index (κ3) is 2.35. The van der Waals surface area contributed by atoms with Gasteiger partial charge in [-0.25, -0.2) is 4.79 Å². The first-order chi connectivity index (χ1) is 8.63. The predicted molar refractivity (Wildman–Crippen MR) is 61.0 cm³/mol. The Hall–Kier alpha value is -1.89. The van der Waals surface area contributed by atoms with Crippen molar-refractivity contribution in [2.45, 2.75) is 25.4 Å². The molecule has 1 fully saturated rings. The molecule has 1 atom stereocenters. The smallest absolute Gasteiger partial charge is 0.341 e. The van der Waals surface area contributed by atoms with Crippen LogP contribution in [0.2, 0.25) is 0 Å². The van der Waals surface area contributed by atoms with Crippen LogP contribution in [0.1, 0.15) is 29.0 Å². The van der Waals surface area contributed by atoms with E-state index in [4.69, 9.17) is 9.63 Å². The van der Waals surface area contributed by atoms with Gasteiger partial charge in [0.15, 0.2) is 5.76 Å². The van der Waals surface area contributed by atoms with E-state index in [1.54, 1.807) is 7.05 Å². The first kappa shape index (κ1) is 12.6. The Morgan fingerprint density at radius 2 is 2.44 bits per heavy atom. The molecule has 0 saturated carbocycles. The zero-order valence-electron chi connectivity index (χ0n) is 10.0. The SMILES string of the molecule is CNC(=O)C1CCCN1Cc1oncc1C(=O)O. The van der Waals surface area contributed by atoms with Crippen LogP contribution < -0.4 is 5.32 Å².